The first-order valence-corrected chi connectivity index (χ1v) is 15.2. The molecule has 0 radical (unpaired) electrons. The Balaban J connectivity index is 1.22. The van der Waals surface area contributed by atoms with Gasteiger partial charge in [0.15, 0.2) is 5.82 Å². The molecule has 0 saturated carbocycles. The lowest BCUT2D eigenvalue weighted by molar-refractivity contribution is 0.507. The van der Waals surface area contributed by atoms with E-state index in [4.69, 9.17) is 14.4 Å². The van der Waals surface area contributed by atoms with E-state index in [0.717, 1.165) is 27.7 Å². The van der Waals surface area contributed by atoms with Gasteiger partial charge in [-0.1, -0.05) is 81.1 Å². The van der Waals surface area contributed by atoms with Crippen molar-refractivity contribution in [3.8, 4) is 0 Å². The van der Waals surface area contributed by atoms with Crippen molar-refractivity contribution in [2.45, 2.75) is 20.8 Å². The fourth-order valence-electron chi connectivity index (χ4n) is 7.15. The van der Waals surface area contributed by atoms with Gasteiger partial charge in [0, 0.05) is 17.0 Å². The van der Waals surface area contributed by atoms with E-state index in [-0.39, 0.29) is 33.3 Å². The smallest absolute Gasteiger partial charge is 0.381 e. The van der Waals surface area contributed by atoms with Crippen molar-refractivity contribution in [2.24, 2.45) is 5.41 Å². The minimum atomic E-state index is -0.167. The molecule has 12 heteroatoms. The molecule has 8 heterocycles. The fraction of sp³-hybridized carbons (Fsp3) is 0.125. The third-order valence-electron chi connectivity index (χ3n) is 9.19. The molecule has 0 unspecified atom stereocenters. The van der Waals surface area contributed by atoms with E-state index >= 15 is 0 Å². The maximum Gasteiger partial charge on any atom is 0.381 e. The van der Waals surface area contributed by atoms with Crippen LogP contribution in [0.2, 0.25) is 0 Å². The highest BCUT2D eigenvalue weighted by molar-refractivity contribution is 6.92. The zero-order valence-electron chi connectivity index (χ0n) is 24.9. The summed E-state index contributed by atoms with van der Waals surface area (Å²) < 4.78 is 18.2. The molecule has 44 heavy (non-hydrogen) atoms. The van der Waals surface area contributed by atoms with E-state index in [2.05, 4.69) is 147 Å². The normalized spacial score (nSPS) is 19.1. The van der Waals surface area contributed by atoms with Gasteiger partial charge >= 0.3 is 27.9 Å². The van der Waals surface area contributed by atoms with Crippen LogP contribution in [0.5, 0.6) is 0 Å². The molecule has 0 N–H and O–H groups in total. The molecule has 0 bridgehead atoms. The van der Waals surface area contributed by atoms with Gasteiger partial charge < -0.3 is 23.3 Å². The second-order valence-corrected chi connectivity index (χ2v) is 12.9. The number of rotatable bonds is 1. The van der Waals surface area contributed by atoms with Crippen LogP contribution < -0.4 is 0 Å². The van der Waals surface area contributed by atoms with Crippen LogP contribution in [0.1, 0.15) is 26.6 Å². The summed E-state index contributed by atoms with van der Waals surface area (Å²) in [6.07, 6.45) is 23.7. The van der Waals surface area contributed by atoms with Crippen molar-refractivity contribution in [2.75, 3.05) is 0 Å². The zero-order chi connectivity index (χ0) is 29.6. The minimum Gasteiger partial charge on any atom is -0.423 e. The average Bonchev–Trinajstić information content (AvgIpc) is 3.59. The summed E-state index contributed by atoms with van der Waals surface area (Å²) in [6.45, 7) is 6.78. The summed E-state index contributed by atoms with van der Waals surface area (Å²) in [5.74, 6) is 9.85. The summed E-state index contributed by atoms with van der Waals surface area (Å²) in [4.78, 5) is 10.1. The van der Waals surface area contributed by atoms with E-state index < -0.39 is 0 Å². The Hall–Kier alpha value is -4.98. The van der Waals surface area contributed by atoms with Gasteiger partial charge in [0.25, 0.3) is 0 Å². The summed E-state index contributed by atoms with van der Waals surface area (Å²) in [6, 6.07) is 10.4. The number of hydrogen-bond acceptors (Lipinski definition) is 7. The van der Waals surface area contributed by atoms with Gasteiger partial charge in [0.1, 0.15) is 5.52 Å². The summed E-state index contributed by atoms with van der Waals surface area (Å²) in [5.41, 5.74) is 5.36. The second-order valence-electron chi connectivity index (χ2n) is 12.9. The Bertz CT molecular complexity index is 2100. The quantitative estimate of drug-likeness (QED) is 0.279. The highest BCUT2D eigenvalue weighted by Crippen LogP contribution is 2.41. The SMILES string of the molecule is CC(C)(C)C1=CN2B3C=CC=CN3B3C=CC=CN3B3C=CC=CN3B2C=C1c1ncc2c(n1)oc1cc3ccccc3n12. The van der Waals surface area contributed by atoms with Crippen molar-refractivity contribution in [1.82, 2.24) is 33.3 Å². The van der Waals surface area contributed by atoms with E-state index in [1.54, 1.807) is 0 Å². The summed E-state index contributed by atoms with van der Waals surface area (Å²) in [7, 11) is 0. The number of allylic oxidation sites excluding steroid dienone is 8. The lowest BCUT2D eigenvalue weighted by Gasteiger charge is -2.54. The first-order chi connectivity index (χ1) is 21.5. The van der Waals surface area contributed by atoms with Crippen LogP contribution in [0.4, 0.5) is 0 Å². The largest absolute Gasteiger partial charge is 0.423 e. The van der Waals surface area contributed by atoms with E-state index in [0.29, 0.717) is 11.5 Å². The Morgan fingerprint density at radius 2 is 1.36 bits per heavy atom. The van der Waals surface area contributed by atoms with Gasteiger partial charge in [-0.2, -0.15) is 4.98 Å². The lowest BCUT2D eigenvalue weighted by Crippen LogP contribution is -2.73. The molecule has 1 fully saturated rings. The Kier molecular flexibility index (Phi) is 5.37. The molecule has 0 aliphatic carbocycles. The molecular weight excluding hydrogens is 542 g/mol. The monoisotopic (exact) mass is 571 g/mol. The van der Waals surface area contributed by atoms with Gasteiger partial charge in [0.05, 0.1) is 11.7 Å². The van der Waals surface area contributed by atoms with Crippen LogP contribution in [-0.4, -0.2) is 61.2 Å². The zero-order valence-corrected chi connectivity index (χ0v) is 24.9. The summed E-state index contributed by atoms with van der Waals surface area (Å²) >= 11 is 0. The number of oxazole rings is 1. The third kappa shape index (κ3) is 3.69. The molecule has 0 atom stereocenters. The molecular formula is C32H29B4N7O. The fourth-order valence-corrected chi connectivity index (χ4v) is 7.15. The number of para-hydroxylation sites is 1. The highest BCUT2D eigenvalue weighted by atomic mass is 16.4. The molecule has 8 nitrogen and oxygen atoms in total. The van der Waals surface area contributed by atoms with Crippen molar-refractivity contribution in [1.29, 1.82) is 0 Å². The maximum absolute atomic E-state index is 6.33. The average molecular weight is 571 g/mol. The number of aromatic nitrogens is 3. The van der Waals surface area contributed by atoms with Gasteiger partial charge in [-0.05, 0) is 60.1 Å². The van der Waals surface area contributed by atoms with Gasteiger partial charge in [0.2, 0.25) is 11.4 Å². The van der Waals surface area contributed by atoms with Crippen molar-refractivity contribution >= 4 is 61.4 Å². The first-order valence-electron chi connectivity index (χ1n) is 15.2. The van der Waals surface area contributed by atoms with Gasteiger partial charge in [-0.15, -0.1) is 0 Å². The van der Waals surface area contributed by atoms with E-state index in [1.165, 1.54) is 5.57 Å². The third-order valence-corrected chi connectivity index (χ3v) is 9.19. The van der Waals surface area contributed by atoms with E-state index in [9.17, 15) is 0 Å². The first kappa shape index (κ1) is 25.5. The van der Waals surface area contributed by atoms with Crippen LogP contribution in [0.25, 0.3) is 33.4 Å². The number of fused-ring (bicyclic) bond motifs is 13. The van der Waals surface area contributed by atoms with Crippen LogP contribution in [-0.2, 0) is 0 Å². The van der Waals surface area contributed by atoms with E-state index in [1.807, 2.05) is 18.3 Å². The predicted molar refractivity (Wildman–Crippen MR) is 181 cm³/mol. The molecule has 5 aliphatic heterocycles. The second kappa shape index (κ2) is 9.26. The topological polar surface area (TPSA) is 56.3 Å². The molecule has 1 aromatic carbocycles. The molecule has 0 spiro atoms. The molecule has 210 valence electrons. The molecule has 3 aromatic heterocycles. The Morgan fingerprint density at radius 1 is 0.727 bits per heavy atom. The minimum absolute atomic E-state index is 0.00695. The van der Waals surface area contributed by atoms with Crippen molar-refractivity contribution in [3.05, 3.63) is 133 Å². The van der Waals surface area contributed by atoms with Crippen molar-refractivity contribution in [3.63, 3.8) is 0 Å². The van der Waals surface area contributed by atoms with Crippen LogP contribution >= 0.6 is 0 Å². The molecule has 4 aromatic rings. The highest BCUT2D eigenvalue weighted by Gasteiger charge is 2.51. The predicted octanol–water partition coefficient (Wildman–Crippen LogP) is 5.54. The number of benzene rings is 1. The molecule has 5 aliphatic rings. The summed E-state index contributed by atoms with van der Waals surface area (Å²) in [5, 5.41) is 1.13. The van der Waals surface area contributed by atoms with Gasteiger partial charge in [-0.3, -0.25) is 4.40 Å². The number of nitrogens with zero attached hydrogens (tertiary/aromatic N) is 7. The molecule has 1 saturated heterocycles. The molecule has 0 amide bonds. The number of hydrogen-bond donors (Lipinski definition) is 0. The molecule has 9 rings (SSSR count). The standard InChI is InChI=1S/C32H29B4N7O/c1-32(2,3)26-23-42-35-16-8-10-18-40(35)33-14-6-9-17-39(33)34-15-7-11-19-41(34)36(42)21-25(26)30-37-22-28-31(38-30)44-29-20-24-12-4-5-13-27(24)43(28)29/h4-23H,1-3H3. The van der Waals surface area contributed by atoms with Crippen LogP contribution in [0, 0.1) is 5.41 Å². The lowest BCUT2D eigenvalue weighted by atomic mass is 9.41. The van der Waals surface area contributed by atoms with Gasteiger partial charge in [-0.25, -0.2) is 4.98 Å². The van der Waals surface area contributed by atoms with Crippen LogP contribution in [0.3, 0.4) is 0 Å². The van der Waals surface area contributed by atoms with Crippen molar-refractivity contribution < 1.29 is 4.42 Å². The van der Waals surface area contributed by atoms with Crippen LogP contribution in [0.15, 0.2) is 132 Å². The maximum atomic E-state index is 6.33. The Labute approximate surface area is 257 Å². The Morgan fingerprint density at radius 3 is 2.05 bits per heavy atom.